The Labute approximate surface area is 94.8 Å². The fourth-order valence-electron chi connectivity index (χ4n) is 1.16. The largest absolute Gasteiger partial charge is 0.506 e. The second kappa shape index (κ2) is 5.12. The summed E-state index contributed by atoms with van der Waals surface area (Å²) in [5, 5.41) is 18.0. The fraction of sp³-hybridized carbons (Fsp3) is 0.200. The number of benzene rings is 1. The van der Waals surface area contributed by atoms with Crippen molar-refractivity contribution in [3.8, 4) is 17.6 Å². The molecule has 1 N–H and O–H groups in total. The smallest absolute Gasteiger partial charge is 0.387 e. The number of nitrogens with zero attached hydrogens (tertiary/aromatic N) is 1. The number of ether oxygens (including phenoxy) is 2. The molecule has 0 saturated heterocycles. The van der Waals surface area contributed by atoms with Crippen molar-refractivity contribution in [3.05, 3.63) is 23.3 Å². The molecule has 0 spiro atoms. The van der Waals surface area contributed by atoms with Crippen molar-refractivity contribution in [2.24, 2.45) is 0 Å². The number of carbonyl (C=O) groups is 1. The van der Waals surface area contributed by atoms with Gasteiger partial charge in [-0.1, -0.05) is 0 Å². The molecule has 1 aromatic carbocycles. The molecule has 0 atom stereocenters. The van der Waals surface area contributed by atoms with Gasteiger partial charge in [-0.15, -0.1) is 0 Å². The van der Waals surface area contributed by atoms with Crippen LogP contribution in [0.5, 0.6) is 11.5 Å². The summed E-state index contributed by atoms with van der Waals surface area (Å²) in [6.07, 6.45) is 0. The Balaban J connectivity index is 3.41. The lowest BCUT2D eigenvalue weighted by Crippen LogP contribution is -2.10. The van der Waals surface area contributed by atoms with Crippen LogP contribution in [0.25, 0.3) is 0 Å². The molecular weight excluding hydrogens is 236 g/mol. The van der Waals surface area contributed by atoms with Crippen LogP contribution < -0.4 is 4.74 Å². The number of carbonyl (C=O) groups excluding carboxylic acids is 1. The molecule has 0 aliphatic rings. The molecule has 0 aromatic heterocycles. The van der Waals surface area contributed by atoms with Crippen LogP contribution in [0.3, 0.4) is 0 Å². The Bertz CT molecular complexity index is 482. The zero-order valence-electron chi connectivity index (χ0n) is 8.61. The number of nitriles is 1. The second-order valence-electron chi connectivity index (χ2n) is 2.82. The van der Waals surface area contributed by atoms with E-state index >= 15 is 0 Å². The van der Waals surface area contributed by atoms with E-state index in [0.717, 1.165) is 19.2 Å². The first-order chi connectivity index (χ1) is 8.01. The molecular formula is C10H7F2NO4. The minimum absolute atomic E-state index is 0.359. The number of alkyl halides is 2. The molecule has 1 rings (SSSR count). The van der Waals surface area contributed by atoms with Gasteiger partial charge in [0, 0.05) is 0 Å². The highest BCUT2D eigenvalue weighted by Crippen LogP contribution is 2.32. The number of aromatic hydroxyl groups is 1. The van der Waals surface area contributed by atoms with Crippen molar-refractivity contribution < 1.29 is 28.2 Å². The van der Waals surface area contributed by atoms with Crippen molar-refractivity contribution in [2.45, 2.75) is 6.61 Å². The number of halogens is 2. The molecule has 90 valence electrons. The van der Waals surface area contributed by atoms with Gasteiger partial charge in [0.05, 0.1) is 7.11 Å². The zero-order valence-corrected chi connectivity index (χ0v) is 8.61. The maximum absolute atomic E-state index is 12.2. The SMILES string of the molecule is COC(=O)c1ccc(O)c(C#N)c1OC(F)F. The molecule has 7 heteroatoms. The first-order valence-corrected chi connectivity index (χ1v) is 4.30. The van der Waals surface area contributed by atoms with Gasteiger partial charge in [0.1, 0.15) is 22.9 Å². The van der Waals surface area contributed by atoms with E-state index in [4.69, 9.17) is 5.26 Å². The van der Waals surface area contributed by atoms with Crippen LogP contribution in [0.15, 0.2) is 12.1 Å². The van der Waals surface area contributed by atoms with Crippen molar-refractivity contribution >= 4 is 5.97 Å². The van der Waals surface area contributed by atoms with Gasteiger partial charge in [-0.3, -0.25) is 0 Å². The van der Waals surface area contributed by atoms with E-state index in [1.54, 1.807) is 0 Å². The summed E-state index contributed by atoms with van der Waals surface area (Å²) < 4.78 is 32.7. The molecule has 0 aliphatic heterocycles. The monoisotopic (exact) mass is 243 g/mol. The van der Waals surface area contributed by atoms with E-state index in [9.17, 15) is 18.7 Å². The summed E-state index contributed by atoms with van der Waals surface area (Å²) in [7, 11) is 1.05. The number of esters is 1. The Morgan fingerprint density at radius 3 is 2.65 bits per heavy atom. The Hall–Kier alpha value is -2.36. The molecule has 0 amide bonds. The van der Waals surface area contributed by atoms with E-state index in [2.05, 4.69) is 9.47 Å². The zero-order chi connectivity index (χ0) is 13.0. The summed E-state index contributed by atoms with van der Waals surface area (Å²) in [6.45, 7) is -3.23. The molecule has 0 heterocycles. The third kappa shape index (κ3) is 2.60. The van der Waals surface area contributed by atoms with Crippen LogP contribution in [0.2, 0.25) is 0 Å². The van der Waals surface area contributed by atoms with Crippen molar-refractivity contribution in [3.63, 3.8) is 0 Å². The van der Waals surface area contributed by atoms with Gasteiger partial charge in [-0.2, -0.15) is 14.0 Å². The quantitative estimate of drug-likeness (QED) is 0.816. The number of hydrogen-bond donors (Lipinski definition) is 1. The van der Waals surface area contributed by atoms with Crippen LogP contribution in [-0.4, -0.2) is 24.8 Å². The van der Waals surface area contributed by atoms with E-state index in [0.29, 0.717) is 0 Å². The van der Waals surface area contributed by atoms with Crippen LogP contribution >= 0.6 is 0 Å². The molecule has 1 aromatic rings. The highest BCUT2D eigenvalue weighted by atomic mass is 19.3. The molecule has 0 bridgehead atoms. The number of phenolic OH excluding ortho intramolecular Hbond substituents is 1. The van der Waals surface area contributed by atoms with Crippen molar-refractivity contribution in [1.29, 1.82) is 5.26 Å². The maximum Gasteiger partial charge on any atom is 0.387 e. The van der Waals surface area contributed by atoms with E-state index in [1.165, 1.54) is 6.07 Å². The normalized spacial score (nSPS) is 9.82. The van der Waals surface area contributed by atoms with Gasteiger partial charge in [0.15, 0.2) is 5.75 Å². The van der Waals surface area contributed by atoms with E-state index < -0.39 is 29.6 Å². The standard InChI is InChI=1S/C10H7F2NO4/c1-16-9(15)5-2-3-7(14)6(4-13)8(5)17-10(11)12/h2-3,10,14H,1H3. The molecule has 0 radical (unpaired) electrons. The predicted octanol–water partition coefficient (Wildman–Crippen LogP) is 1.65. The lowest BCUT2D eigenvalue weighted by molar-refractivity contribution is -0.0506. The molecule has 0 unspecified atom stereocenters. The topological polar surface area (TPSA) is 79.5 Å². The second-order valence-corrected chi connectivity index (χ2v) is 2.82. The molecule has 0 aliphatic carbocycles. The van der Waals surface area contributed by atoms with Crippen LogP contribution in [0, 0.1) is 11.3 Å². The Morgan fingerprint density at radius 2 is 2.18 bits per heavy atom. The minimum Gasteiger partial charge on any atom is -0.506 e. The lowest BCUT2D eigenvalue weighted by Gasteiger charge is -2.11. The van der Waals surface area contributed by atoms with Gasteiger partial charge in [0.2, 0.25) is 0 Å². The van der Waals surface area contributed by atoms with Gasteiger partial charge >= 0.3 is 12.6 Å². The number of methoxy groups -OCH3 is 1. The summed E-state index contributed by atoms with van der Waals surface area (Å²) in [5.41, 5.74) is -0.907. The van der Waals surface area contributed by atoms with Gasteiger partial charge in [-0.25, -0.2) is 4.79 Å². The lowest BCUT2D eigenvalue weighted by atomic mass is 10.1. The molecule has 0 fully saturated rings. The van der Waals surface area contributed by atoms with Crippen LogP contribution in [-0.2, 0) is 4.74 Å². The summed E-state index contributed by atoms with van der Waals surface area (Å²) in [6, 6.07) is 3.52. The van der Waals surface area contributed by atoms with Gasteiger partial charge in [0.25, 0.3) is 0 Å². The number of rotatable bonds is 3. The van der Waals surface area contributed by atoms with Crippen LogP contribution in [0.1, 0.15) is 15.9 Å². The molecule has 0 saturated carbocycles. The first-order valence-electron chi connectivity index (χ1n) is 4.30. The number of hydrogen-bond acceptors (Lipinski definition) is 5. The third-order valence-corrected chi connectivity index (χ3v) is 1.86. The average Bonchev–Trinajstić information content (AvgIpc) is 2.28. The summed E-state index contributed by atoms with van der Waals surface area (Å²) >= 11 is 0. The average molecular weight is 243 g/mol. The summed E-state index contributed by atoms with van der Waals surface area (Å²) in [4.78, 5) is 11.3. The summed E-state index contributed by atoms with van der Waals surface area (Å²) in [5.74, 6) is -2.21. The highest BCUT2D eigenvalue weighted by molar-refractivity contribution is 5.93. The minimum atomic E-state index is -3.23. The van der Waals surface area contributed by atoms with E-state index in [-0.39, 0.29) is 5.56 Å². The first kappa shape index (κ1) is 12.7. The fourth-order valence-corrected chi connectivity index (χ4v) is 1.16. The number of phenols is 1. The Morgan fingerprint density at radius 1 is 1.53 bits per heavy atom. The predicted molar refractivity (Wildman–Crippen MR) is 50.8 cm³/mol. The van der Waals surface area contributed by atoms with Gasteiger partial charge in [-0.05, 0) is 12.1 Å². The highest BCUT2D eigenvalue weighted by Gasteiger charge is 2.22. The van der Waals surface area contributed by atoms with Gasteiger partial charge < -0.3 is 14.6 Å². The molecule has 5 nitrogen and oxygen atoms in total. The molecule has 17 heavy (non-hydrogen) atoms. The van der Waals surface area contributed by atoms with Crippen molar-refractivity contribution in [1.82, 2.24) is 0 Å². The maximum atomic E-state index is 12.2. The van der Waals surface area contributed by atoms with Crippen LogP contribution in [0.4, 0.5) is 8.78 Å². The van der Waals surface area contributed by atoms with Crippen molar-refractivity contribution in [2.75, 3.05) is 7.11 Å². The Kier molecular flexibility index (Phi) is 3.82. The van der Waals surface area contributed by atoms with E-state index in [1.807, 2.05) is 0 Å². The third-order valence-electron chi connectivity index (χ3n) is 1.86.